The number of nitrogens with zero attached hydrogens (tertiary/aromatic N) is 2. The van der Waals surface area contributed by atoms with Crippen molar-refractivity contribution in [3.63, 3.8) is 0 Å². The molecule has 0 aromatic heterocycles. The number of carbonyl (C=O) groups is 1. The van der Waals surface area contributed by atoms with E-state index in [1.165, 1.54) is 0 Å². The second kappa shape index (κ2) is 6.49. The molecule has 2 N–H and O–H groups in total. The maximum atomic E-state index is 11.8. The predicted molar refractivity (Wildman–Crippen MR) is 87.2 cm³/mol. The minimum absolute atomic E-state index is 0.249. The molecule has 3 rings (SSSR count). The van der Waals surface area contributed by atoms with E-state index in [-0.39, 0.29) is 5.91 Å². The number of hydrogen-bond acceptors (Lipinski definition) is 4. The molecule has 0 spiro atoms. The normalized spacial score (nSPS) is 15.9. The Balaban J connectivity index is 1.68. The standard InChI is InChI=1S/C17H14N4O/c22-16-15(11-13-7-3-1-4-8-13)19-17(20-16)21-18-12-14-9-5-2-6-10-14/h1-12H,(H2,19,20,21,22)/b15-11-,18-12+. The second-order valence-electron chi connectivity index (χ2n) is 4.64. The fourth-order valence-corrected chi connectivity index (χ4v) is 1.94. The van der Waals surface area contributed by atoms with Gasteiger partial charge in [0.15, 0.2) is 0 Å². The number of hydrogen-bond donors (Lipinski definition) is 2. The third-order valence-corrected chi connectivity index (χ3v) is 2.98. The van der Waals surface area contributed by atoms with Gasteiger partial charge in [-0.1, -0.05) is 60.7 Å². The van der Waals surface area contributed by atoms with E-state index in [4.69, 9.17) is 0 Å². The number of rotatable bonds is 3. The van der Waals surface area contributed by atoms with Gasteiger partial charge in [-0.25, -0.2) is 10.4 Å². The first kappa shape index (κ1) is 13.8. The van der Waals surface area contributed by atoms with E-state index in [1.807, 2.05) is 60.7 Å². The van der Waals surface area contributed by atoms with Crippen molar-refractivity contribution < 1.29 is 4.79 Å². The largest absolute Gasteiger partial charge is 0.289 e. The summed E-state index contributed by atoms with van der Waals surface area (Å²) >= 11 is 0. The number of guanidine groups is 1. The van der Waals surface area contributed by atoms with Gasteiger partial charge in [0.2, 0.25) is 5.96 Å². The SMILES string of the molecule is O=C1NC(N/N=C/c2ccccc2)=N/C1=C\c1ccccc1. The summed E-state index contributed by atoms with van der Waals surface area (Å²) in [6.07, 6.45) is 3.39. The summed E-state index contributed by atoms with van der Waals surface area (Å²) in [5.74, 6) is 0.0700. The van der Waals surface area contributed by atoms with Crippen LogP contribution in [0, 0.1) is 0 Å². The molecule has 22 heavy (non-hydrogen) atoms. The van der Waals surface area contributed by atoms with Crippen molar-refractivity contribution in [2.75, 3.05) is 0 Å². The molecular formula is C17H14N4O. The maximum absolute atomic E-state index is 11.8. The highest BCUT2D eigenvalue weighted by atomic mass is 16.2. The van der Waals surface area contributed by atoms with Crippen molar-refractivity contribution in [2.24, 2.45) is 10.1 Å². The van der Waals surface area contributed by atoms with Crippen LogP contribution in [0.15, 0.2) is 76.5 Å². The molecule has 1 aliphatic rings. The Labute approximate surface area is 128 Å². The lowest BCUT2D eigenvalue weighted by molar-refractivity contribution is -0.115. The molecule has 0 fully saturated rings. The topological polar surface area (TPSA) is 65.8 Å². The first-order chi connectivity index (χ1) is 10.8. The van der Waals surface area contributed by atoms with Gasteiger partial charge in [0, 0.05) is 0 Å². The van der Waals surface area contributed by atoms with Crippen molar-refractivity contribution in [1.82, 2.24) is 10.7 Å². The molecule has 0 radical (unpaired) electrons. The lowest BCUT2D eigenvalue weighted by Crippen LogP contribution is -2.33. The fraction of sp³-hybridized carbons (Fsp3) is 0. The summed E-state index contributed by atoms with van der Waals surface area (Å²) in [5.41, 5.74) is 4.95. The van der Waals surface area contributed by atoms with Crippen molar-refractivity contribution in [3.05, 3.63) is 77.5 Å². The third kappa shape index (κ3) is 3.46. The van der Waals surface area contributed by atoms with Crippen LogP contribution in [0.2, 0.25) is 0 Å². The summed E-state index contributed by atoms with van der Waals surface area (Å²) in [4.78, 5) is 16.0. The molecule has 0 aliphatic carbocycles. The third-order valence-electron chi connectivity index (χ3n) is 2.98. The van der Waals surface area contributed by atoms with E-state index < -0.39 is 0 Å². The van der Waals surface area contributed by atoms with Crippen molar-refractivity contribution in [1.29, 1.82) is 0 Å². The number of amides is 1. The van der Waals surface area contributed by atoms with E-state index in [2.05, 4.69) is 20.8 Å². The van der Waals surface area contributed by atoms with Gasteiger partial charge < -0.3 is 0 Å². The van der Waals surface area contributed by atoms with Crippen LogP contribution in [0.25, 0.3) is 6.08 Å². The number of hydrazone groups is 1. The van der Waals surface area contributed by atoms with Gasteiger partial charge in [-0.05, 0) is 17.2 Å². The molecule has 5 heteroatoms. The summed E-state index contributed by atoms with van der Waals surface area (Å²) in [6, 6.07) is 19.2. The zero-order valence-corrected chi connectivity index (χ0v) is 11.7. The average Bonchev–Trinajstić information content (AvgIpc) is 2.89. The Kier molecular flexibility index (Phi) is 4.06. The van der Waals surface area contributed by atoms with Crippen LogP contribution >= 0.6 is 0 Å². The zero-order chi connectivity index (χ0) is 15.2. The Bertz CT molecular complexity index is 749. The Morgan fingerprint density at radius 3 is 2.27 bits per heavy atom. The highest BCUT2D eigenvalue weighted by Gasteiger charge is 2.19. The van der Waals surface area contributed by atoms with Crippen LogP contribution in [0.4, 0.5) is 0 Å². The number of carbonyl (C=O) groups excluding carboxylic acids is 1. The first-order valence-electron chi connectivity index (χ1n) is 6.82. The van der Waals surface area contributed by atoms with Gasteiger partial charge >= 0.3 is 0 Å². The smallest absolute Gasteiger partial charge is 0.276 e. The Morgan fingerprint density at radius 2 is 1.59 bits per heavy atom. The molecule has 1 amide bonds. The first-order valence-corrected chi connectivity index (χ1v) is 6.82. The van der Waals surface area contributed by atoms with Crippen molar-refractivity contribution in [2.45, 2.75) is 0 Å². The summed E-state index contributed by atoms with van der Waals surface area (Å²) < 4.78 is 0. The van der Waals surface area contributed by atoms with Gasteiger partial charge in [0.1, 0.15) is 5.70 Å². The van der Waals surface area contributed by atoms with Crippen molar-refractivity contribution >= 4 is 24.2 Å². The number of aliphatic imine (C=N–C) groups is 1. The lowest BCUT2D eigenvalue weighted by atomic mass is 10.2. The second-order valence-corrected chi connectivity index (χ2v) is 4.64. The molecule has 108 valence electrons. The van der Waals surface area contributed by atoms with Crippen LogP contribution in [0.3, 0.4) is 0 Å². The van der Waals surface area contributed by atoms with Crippen LogP contribution < -0.4 is 10.7 Å². The van der Waals surface area contributed by atoms with E-state index >= 15 is 0 Å². The highest BCUT2D eigenvalue weighted by Crippen LogP contribution is 2.11. The lowest BCUT2D eigenvalue weighted by Gasteiger charge is -1.97. The van der Waals surface area contributed by atoms with Crippen LogP contribution in [-0.2, 0) is 4.79 Å². The van der Waals surface area contributed by atoms with Crippen LogP contribution in [-0.4, -0.2) is 18.1 Å². The molecular weight excluding hydrogens is 276 g/mol. The quantitative estimate of drug-likeness (QED) is 0.517. The van der Waals surface area contributed by atoms with Gasteiger partial charge in [-0.15, -0.1) is 0 Å². The molecule has 0 bridgehead atoms. The molecule has 2 aromatic carbocycles. The molecule has 0 saturated heterocycles. The van der Waals surface area contributed by atoms with Crippen LogP contribution in [0.5, 0.6) is 0 Å². The Hall–Kier alpha value is -3.21. The summed E-state index contributed by atoms with van der Waals surface area (Å²) in [7, 11) is 0. The molecule has 1 aliphatic heterocycles. The number of nitrogens with one attached hydrogen (secondary N) is 2. The zero-order valence-electron chi connectivity index (χ0n) is 11.7. The van der Waals surface area contributed by atoms with Gasteiger partial charge in [0.05, 0.1) is 6.21 Å². The highest BCUT2D eigenvalue weighted by molar-refractivity contribution is 6.13. The van der Waals surface area contributed by atoms with Gasteiger partial charge in [-0.2, -0.15) is 5.10 Å². The monoisotopic (exact) mass is 290 g/mol. The molecule has 2 aromatic rings. The minimum Gasteiger partial charge on any atom is -0.289 e. The molecule has 0 saturated carbocycles. The Morgan fingerprint density at radius 1 is 0.955 bits per heavy atom. The predicted octanol–water partition coefficient (Wildman–Crippen LogP) is 2.14. The van der Waals surface area contributed by atoms with Crippen LogP contribution in [0.1, 0.15) is 11.1 Å². The molecule has 0 atom stereocenters. The van der Waals surface area contributed by atoms with E-state index in [1.54, 1.807) is 12.3 Å². The molecule has 0 unspecified atom stereocenters. The average molecular weight is 290 g/mol. The van der Waals surface area contributed by atoms with Gasteiger partial charge in [0.25, 0.3) is 5.91 Å². The van der Waals surface area contributed by atoms with E-state index in [9.17, 15) is 4.79 Å². The molecule has 1 heterocycles. The van der Waals surface area contributed by atoms with E-state index in [0.717, 1.165) is 11.1 Å². The maximum Gasteiger partial charge on any atom is 0.276 e. The van der Waals surface area contributed by atoms with E-state index in [0.29, 0.717) is 11.7 Å². The molecule has 5 nitrogen and oxygen atoms in total. The minimum atomic E-state index is -0.249. The summed E-state index contributed by atoms with van der Waals surface area (Å²) in [5, 5.41) is 6.68. The fourth-order valence-electron chi connectivity index (χ4n) is 1.94. The summed E-state index contributed by atoms with van der Waals surface area (Å²) in [6.45, 7) is 0. The van der Waals surface area contributed by atoms with Gasteiger partial charge in [-0.3, -0.25) is 10.1 Å². The number of benzene rings is 2. The van der Waals surface area contributed by atoms with Crippen molar-refractivity contribution in [3.8, 4) is 0 Å².